The van der Waals surface area contributed by atoms with Crippen molar-refractivity contribution in [2.75, 3.05) is 72.3 Å². The monoisotopic (exact) mass is 1370 g/mol. The molecule has 0 saturated carbocycles. The van der Waals surface area contributed by atoms with Gasteiger partial charge in [-0.05, 0) is 105 Å². The Morgan fingerprint density at radius 3 is 0.949 bits per heavy atom. The molecular weight excluding hydrogens is 1210 g/mol. The molecule has 99 heavy (non-hydrogen) atoms. The van der Waals surface area contributed by atoms with E-state index in [2.05, 4.69) is 108 Å². The minimum absolute atomic E-state index is 0.428. The van der Waals surface area contributed by atoms with Crippen molar-refractivity contribution in [3.63, 3.8) is 0 Å². The normalized spacial score (nSPS) is 11.5. The molecule has 0 aliphatic heterocycles. The molecule has 7 nitrogen and oxygen atoms in total. The molecule has 7 heteroatoms. The van der Waals surface area contributed by atoms with Crippen LogP contribution in [0.15, 0.2) is 67.8 Å². The SMILES string of the molecule is C#CC[N+](CC#C)(CC#CC=CC[N+](CC=C)(CC=C)Cc1ccc(OCCCCCCCCCCCC)c(OCCCCCCCCCCCC)c1)Cc1cc(OCCCCCCCCCCCC)c(OCCCCCCCCCCCC)c(OCCCCCCCCCCCC)c1. The van der Waals surface area contributed by atoms with Crippen LogP contribution in [0.3, 0.4) is 0 Å². The number of benzene rings is 2. The summed E-state index contributed by atoms with van der Waals surface area (Å²) < 4.78 is 34.9. The van der Waals surface area contributed by atoms with Gasteiger partial charge in [0.1, 0.15) is 32.7 Å². The highest BCUT2D eigenvalue weighted by atomic mass is 16.5. The Hall–Kier alpha value is -4.74. The van der Waals surface area contributed by atoms with Gasteiger partial charge in [-0.3, -0.25) is 4.48 Å². The van der Waals surface area contributed by atoms with Gasteiger partial charge in [0.25, 0.3) is 0 Å². The molecule has 0 atom stereocenters. The molecule has 0 aliphatic rings. The fourth-order valence-electron chi connectivity index (χ4n) is 13.9. The Kier molecular flexibility index (Phi) is 60.7. The van der Waals surface area contributed by atoms with Crippen LogP contribution in [-0.4, -0.2) is 81.3 Å². The van der Waals surface area contributed by atoms with Crippen molar-refractivity contribution < 1.29 is 32.7 Å². The van der Waals surface area contributed by atoms with Crippen molar-refractivity contribution in [3.05, 3.63) is 78.9 Å². The fraction of sp³-hybridized carbons (Fsp3) is 0.739. The van der Waals surface area contributed by atoms with Crippen LogP contribution in [0.5, 0.6) is 28.7 Å². The first-order chi connectivity index (χ1) is 48.8. The second kappa shape index (κ2) is 66.5. The Bertz CT molecular complexity index is 2310. The third-order valence-electron chi connectivity index (χ3n) is 20.0. The summed E-state index contributed by atoms with van der Waals surface area (Å²) in [6, 6.07) is 11.0. The standard InChI is InChI=1S/C92H156N2O5/c1-10-19-24-29-34-39-44-49-56-63-76-95-88-69-68-86(81-89(88)96-77-64-57-50-45-40-35-30-25-20-11-2)84-93(70-15-6,71-16-7)74-61-54-55-62-75-94(72-17-8,73-18-9)85-87-82-90(97-78-65-58-51-46-41-36-31-26-21-12-3)92(99-80-67-60-53-48-43-38-33-28-23-14-5)91(83-87)98-79-66-59-52-47-42-37-32-27-22-13-4/h8-9,15-16,54,61,68-69,81-83H,6-7,10-14,19-53,56-60,63-67,70-80,84-85H2,1-5H3/q+2. The zero-order valence-electron chi connectivity index (χ0n) is 65.7. The summed E-state index contributed by atoms with van der Waals surface area (Å²) in [6.07, 6.45) is 85.2. The number of unbranched alkanes of at least 4 members (excludes halogenated alkanes) is 45. The summed E-state index contributed by atoms with van der Waals surface area (Å²) in [6.45, 7) is 28.3. The third kappa shape index (κ3) is 48.7. The third-order valence-corrected chi connectivity index (χ3v) is 20.0. The molecule has 0 amide bonds. The number of hydrogen-bond acceptors (Lipinski definition) is 5. The van der Waals surface area contributed by atoms with Crippen LogP contribution in [0, 0.1) is 36.5 Å². The number of nitrogens with zero attached hydrogens (tertiary/aromatic N) is 2. The quantitative estimate of drug-likeness (QED) is 0.0286. The van der Waals surface area contributed by atoms with Gasteiger partial charge in [-0.25, -0.2) is 0 Å². The van der Waals surface area contributed by atoms with E-state index in [-0.39, 0.29) is 0 Å². The van der Waals surface area contributed by atoms with Crippen LogP contribution in [-0.2, 0) is 13.1 Å². The second-order valence-corrected chi connectivity index (χ2v) is 29.6. The van der Waals surface area contributed by atoms with E-state index in [1.165, 1.54) is 275 Å². The van der Waals surface area contributed by atoms with Crippen molar-refractivity contribution in [3.8, 4) is 65.3 Å². The van der Waals surface area contributed by atoms with Gasteiger partial charge in [0.05, 0.1) is 52.7 Å². The number of rotatable bonds is 73. The summed E-state index contributed by atoms with van der Waals surface area (Å²) in [4.78, 5) is 0. The average molecular weight is 1370 g/mol. The predicted molar refractivity (Wildman–Crippen MR) is 432 cm³/mol. The lowest BCUT2D eigenvalue weighted by Crippen LogP contribution is -2.48. The smallest absolute Gasteiger partial charge is 0.203 e. The molecule has 2 aromatic rings. The first-order valence-electron chi connectivity index (χ1n) is 42.2. The lowest BCUT2D eigenvalue weighted by atomic mass is 10.1. The molecule has 0 heterocycles. The van der Waals surface area contributed by atoms with Crippen LogP contribution in [0.1, 0.15) is 367 Å². The molecule has 0 spiro atoms. The summed E-state index contributed by atoms with van der Waals surface area (Å²) in [7, 11) is 0. The van der Waals surface area contributed by atoms with Crippen LogP contribution < -0.4 is 23.7 Å². The van der Waals surface area contributed by atoms with Gasteiger partial charge in [-0.2, -0.15) is 0 Å². The largest absolute Gasteiger partial charge is 0.490 e. The Balaban J connectivity index is 2.42. The number of terminal acetylenes is 2. The van der Waals surface area contributed by atoms with E-state index in [1.807, 2.05) is 18.2 Å². The maximum atomic E-state index is 6.85. The van der Waals surface area contributed by atoms with E-state index in [4.69, 9.17) is 36.5 Å². The molecule has 0 fully saturated rings. The number of ether oxygens (including phenoxy) is 5. The van der Waals surface area contributed by atoms with Gasteiger partial charge in [0.15, 0.2) is 23.0 Å². The van der Waals surface area contributed by atoms with Crippen molar-refractivity contribution in [1.82, 2.24) is 0 Å². The van der Waals surface area contributed by atoms with E-state index in [0.717, 1.165) is 116 Å². The Morgan fingerprint density at radius 2 is 0.616 bits per heavy atom. The van der Waals surface area contributed by atoms with Gasteiger partial charge in [-0.1, -0.05) is 343 Å². The molecule has 2 rings (SSSR count). The average Bonchev–Trinajstić information content (AvgIpc) is 0.844. The van der Waals surface area contributed by atoms with Crippen LogP contribution in [0.2, 0.25) is 0 Å². The van der Waals surface area contributed by atoms with Crippen molar-refractivity contribution in [1.29, 1.82) is 0 Å². The highest BCUT2D eigenvalue weighted by Gasteiger charge is 2.29. The molecular formula is C92H156N2O5+2. The van der Waals surface area contributed by atoms with Gasteiger partial charge < -0.3 is 28.2 Å². The fourth-order valence-corrected chi connectivity index (χ4v) is 13.9. The van der Waals surface area contributed by atoms with E-state index in [1.54, 1.807) is 0 Å². The maximum Gasteiger partial charge on any atom is 0.203 e. The van der Waals surface area contributed by atoms with E-state index in [0.29, 0.717) is 63.7 Å². The summed E-state index contributed by atoms with van der Waals surface area (Å²) in [5.74, 6) is 17.0. The molecule has 0 N–H and O–H groups in total. The number of hydrogen-bond donors (Lipinski definition) is 0. The minimum Gasteiger partial charge on any atom is -0.490 e. The maximum absolute atomic E-state index is 6.85. The van der Waals surface area contributed by atoms with Crippen LogP contribution in [0.4, 0.5) is 0 Å². The molecule has 562 valence electrons. The number of quaternary nitrogens is 2. The van der Waals surface area contributed by atoms with Crippen molar-refractivity contribution in [2.24, 2.45) is 0 Å². The molecule has 0 aliphatic carbocycles. The van der Waals surface area contributed by atoms with E-state index in [9.17, 15) is 0 Å². The van der Waals surface area contributed by atoms with Gasteiger partial charge in [0, 0.05) is 11.1 Å². The highest BCUT2D eigenvalue weighted by Crippen LogP contribution is 2.41. The lowest BCUT2D eigenvalue weighted by molar-refractivity contribution is -0.925. The molecule has 0 bridgehead atoms. The second-order valence-electron chi connectivity index (χ2n) is 29.6. The van der Waals surface area contributed by atoms with Gasteiger partial charge >= 0.3 is 0 Å². The zero-order chi connectivity index (χ0) is 71.3. The predicted octanol–water partition coefficient (Wildman–Crippen LogP) is 26.7. The Labute approximate surface area is 614 Å². The first-order valence-corrected chi connectivity index (χ1v) is 42.2. The van der Waals surface area contributed by atoms with Crippen LogP contribution >= 0.6 is 0 Å². The van der Waals surface area contributed by atoms with Gasteiger partial charge in [0.2, 0.25) is 5.75 Å². The molecule has 0 aromatic heterocycles. The van der Waals surface area contributed by atoms with E-state index >= 15 is 0 Å². The number of allylic oxidation sites excluding steroid dienone is 1. The van der Waals surface area contributed by atoms with Gasteiger partial charge in [-0.15, -0.1) is 12.8 Å². The topological polar surface area (TPSA) is 46.2 Å². The summed E-state index contributed by atoms with van der Waals surface area (Å²) in [5, 5.41) is 0. The minimum atomic E-state index is 0.428. The first kappa shape index (κ1) is 90.3. The lowest BCUT2D eigenvalue weighted by Gasteiger charge is -2.36. The van der Waals surface area contributed by atoms with E-state index < -0.39 is 0 Å². The highest BCUT2D eigenvalue weighted by molar-refractivity contribution is 5.54. The molecule has 0 saturated heterocycles. The zero-order valence-corrected chi connectivity index (χ0v) is 65.7. The Morgan fingerprint density at radius 1 is 0.323 bits per heavy atom. The summed E-state index contributed by atoms with van der Waals surface area (Å²) >= 11 is 0. The molecule has 0 unspecified atom stereocenters. The molecule has 0 radical (unpaired) electrons. The summed E-state index contributed by atoms with van der Waals surface area (Å²) in [5.41, 5.74) is 2.28. The molecule has 2 aromatic carbocycles. The van der Waals surface area contributed by atoms with Crippen molar-refractivity contribution >= 4 is 0 Å². The van der Waals surface area contributed by atoms with Crippen LogP contribution in [0.25, 0.3) is 0 Å². The van der Waals surface area contributed by atoms with Crippen molar-refractivity contribution in [2.45, 2.75) is 369 Å².